The fourth-order valence-corrected chi connectivity index (χ4v) is 4.31. The van der Waals surface area contributed by atoms with E-state index in [-0.39, 0.29) is 5.75 Å². The fourth-order valence-electron chi connectivity index (χ4n) is 2.29. The Morgan fingerprint density at radius 1 is 1.35 bits per heavy atom. The van der Waals surface area contributed by atoms with Crippen molar-refractivity contribution in [1.29, 1.82) is 0 Å². The van der Waals surface area contributed by atoms with Gasteiger partial charge < -0.3 is 10.2 Å². The SMILES string of the molecule is O=S1(=O)CCCN1c1cccc(C(O)C(O)CCBr)c1. The molecule has 112 valence electrons. The molecule has 2 rings (SSSR count). The van der Waals surface area contributed by atoms with Crippen LogP contribution in [0.4, 0.5) is 5.69 Å². The summed E-state index contributed by atoms with van der Waals surface area (Å²) in [6, 6.07) is 6.72. The molecule has 2 atom stereocenters. The Morgan fingerprint density at radius 3 is 2.70 bits per heavy atom. The largest absolute Gasteiger partial charge is 0.390 e. The van der Waals surface area contributed by atoms with Crippen LogP contribution in [0.25, 0.3) is 0 Å². The monoisotopic (exact) mass is 363 g/mol. The number of sulfonamides is 1. The third kappa shape index (κ3) is 3.33. The molecule has 0 spiro atoms. The van der Waals surface area contributed by atoms with Gasteiger partial charge in [-0.3, -0.25) is 4.31 Å². The number of hydrogen-bond donors (Lipinski definition) is 2. The molecule has 0 bridgehead atoms. The Bertz CT molecular complexity index is 563. The van der Waals surface area contributed by atoms with Crippen LogP contribution in [0.5, 0.6) is 0 Å². The van der Waals surface area contributed by atoms with Crippen LogP contribution in [0.3, 0.4) is 0 Å². The maximum absolute atomic E-state index is 11.9. The maximum Gasteiger partial charge on any atom is 0.235 e. The van der Waals surface area contributed by atoms with E-state index in [0.717, 1.165) is 0 Å². The third-order valence-corrected chi connectivity index (χ3v) is 5.70. The fraction of sp³-hybridized carbons (Fsp3) is 0.538. The van der Waals surface area contributed by atoms with Crippen molar-refractivity contribution in [2.45, 2.75) is 25.0 Å². The predicted octanol–water partition coefficient (Wildman–Crippen LogP) is 1.41. The first kappa shape index (κ1) is 15.8. The zero-order chi connectivity index (χ0) is 14.8. The Labute approximate surface area is 127 Å². The van der Waals surface area contributed by atoms with Crippen molar-refractivity contribution < 1.29 is 18.6 Å². The first-order valence-electron chi connectivity index (χ1n) is 6.48. The number of anilines is 1. The summed E-state index contributed by atoms with van der Waals surface area (Å²) in [6.07, 6.45) is -0.855. The summed E-state index contributed by atoms with van der Waals surface area (Å²) < 4.78 is 25.1. The molecule has 5 nitrogen and oxygen atoms in total. The molecule has 1 saturated heterocycles. The molecule has 1 aliphatic heterocycles. The van der Waals surface area contributed by atoms with Gasteiger partial charge in [0.2, 0.25) is 10.0 Å². The summed E-state index contributed by atoms with van der Waals surface area (Å²) in [4.78, 5) is 0. The maximum atomic E-state index is 11.9. The number of rotatable bonds is 5. The van der Waals surface area contributed by atoms with E-state index in [0.29, 0.717) is 36.0 Å². The Balaban J connectivity index is 2.24. The molecule has 0 aliphatic carbocycles. The van der Waals surface area contributed by atoms with Crippen molar-refractivity contribution in [3.8, 4) is 0 Å². The molecule has 1 heterocycles. The summed E-state index contributed by atoms with van der Waals surface area (Å²) in [6.45, 7) is 0.464. The average molecular weight is 364 g/mol. The highest BCUT2D eigenvalue weighted by atomic mass is 79.9. The molecule has 7 heteroatoms. The molecular weight excluding hydrogens is 346 g/mol. The standard InChI is InChI=1S/C13H18BrNO4S/c14-6-5-12(16)13(17)10-3-1-4-11(9-10)15-7-2-8-20(15,18)19/h1,3-4,9,12-13,16-17H,2,5-8H2. The second-order valence-electron chi connectivity index (χ2n) is 4.83. The van der Waals surface area contributed by atoms with Crippen LogP contribution in [0.1, 0.15) is 24.5 Å². The van der Waals surface area contributed by atoms with Gasteiger partial charge in [0.25, 0.3) is 0 Å². The molecule has 20 heavy (non-hydrogen) atoms. The number of halogens is 1. The molecule has 2 unspecified atom stereocenters. The van der Waals surface area contributed by atoms with Crippen LogP contribution >= 0.6 is 15.9 Å². The van der Waals surface area contributed by atoms with Crippen LogP contribution in [-0.4, -0.2) is 42.4 Å². The van der Waals surface area contributed by atoms with Gasteiger partial charge >= 0.3 is 0 Å². The van der Waals surface area contributed by atoms with Gasteiger partial charge in [0.05, 0.1) is 17.5 Å². The summed E-state index contributed by atoms with van der Waals surface area (Å²) in [5, 5.41) is 20.5. The molecule has 0 aromatic heterocycles. The van der Waals surface area contributed by atoms with E-state index in [1.54, 1.807) is 24.3 Å². The van der Waals surface area contributed by atoms with E-state index in [2.05, 4.69) is 15.9 Å². The van der Waals surface area contributed by atoms with Gasteiger partial charge in [-0.15, -0.1) is 0 Å². The van der Waals surface area contributed by atoms with E-state index in [9.17, 15) is 18.6 Å². The van der Waals surface area contributed by atoms with Gasteiger partial charge in [0, 0.05) is 11.9 Å². The molecule has 1 aliphatic rings. The lowest BCUT2D eigenvalue weighted by Crippen LogP contribution is -2.25. The van der Waals surface area contributed by atoms with E-state index < -0.39 is 22.2 Å². The second-order valence-corrected chi connectivity index (χ2v) is 7.63. The average Bonchev–Trinajstić information content (AvgIpc) is 2.78. The number of alkyl halides is 1. The van der Waals surface area contributed by atoms with Crippen LogP contribution < -0.4 is 4.31 Å². The summed E-state index contributed by atoms with van der Waals surface area (Å²) >= 11 is 3.22. The van der Waals surface area contributed by atoms with Gasteiger partial charge in [0.1, 0.15) is 6.10 Å². The molecule has 1 aromatic rings. The minimum absolute atomic E-state index is 0.159. The summed E-state index contributed by atoms with van der Waals surface area (Å²) in [5.74, 6) is 0.159. The molecular formula is C13H18BrNO4S. The van der Waals surface area contributed by atoms with E-state index in [4.69, 9.17) is 0 Å². The highest BCUT2D eigenvalue weighted by molar-refractivity contribution is 9.09. The van der Waals surface area contributed by atoms with Gasteiger partial charge in [0.15, 0.2) is 0 Å². The smallest absolute Gasteiger partial charge is 0.235 e. The highest BCUT2D eigenvalue weighted by Crippen LogP contribution is 2.28. The van der Waals surface area contributed by atoms with Crippen molar-refractivity contribution in [3.05, 3.63) is 29.8 Å². The lowest BCUT2D eigenvalue weighted by Gasteiger charge is -2.21. The second kappa shape index (κ2) is 6.43. The molecule has 1 fully saturated rings. The van der Waals surface area contributed by atoms with Crippen molar-refractivity contribution in [2.75, 3.05) is 21.9 Å². The number of hydrogen-bond acceptors (Lipinski definition) is 4. The lowest BCUT2D eigenvalue weighted by atomic mass is 10.0. The van der Waals surface area contributed by atoms with Crippen LogP contribution in [0.15, 0.2) is 24.3 Å². The van der Waals surface area contributed by atoms with Crippen molar-refractivity contribution in [2.24, 2.45) is 0 Å². The van der Waals surface area contributed by atoms with E-state index in [1.807, 2.05) is 0 Å². The van der Waals surface area contributed by atoms with Crippen molar-refractivity contribution in [3.63, 3.8) is 0 Å². The van der Waals surface area contributed by atoms with E-state index in [1.165, 1.54) is 4.31 Å². The Hall–Kier alpha value is -0.630. The molecule has 0 amide bonds. The number of nitrogens with zero attached hydrogens (tertiary/aromatic N) is 1. The molecule has 0 saturated carbocycles. The van der Waals surface area contributed by atoms with Crippen molar-refractivity contribution in [1.82, 2.24) is 0 Å². The van der Waals surface area contributed by atoms with E-state index >= 15 is 0 Å². The van der Waals surface area contributed by atoms with Crippen molar-refractivity contribution >= 4 is 31.6 Å². The lowest BCUT2D eigenvalue weighted by molar-refractivity contribution is 0.0174. The predicted molar refractivity (Wildman–Crippen MR) is 81.6 cm³/mol. The third-order valence-electron chi connectivity index (χ3n) is 3.37. The normalized spacial score (nSPS) is 20.9. The van der Waals surface area contributed by atoms with Crippen LogP contribution in [0.2, 0.25) is 0 Å². The van der Waals surface area contributed by atoms with Crippen LogP contribution in [-0.2, 0) is 10.0 Å². The summed E-state index contributed by atoms with van der Waals surface area (Å²) in [5.41, 5.74) is 1.07. The van der Waals surface area contributed by atoms with Gasteiger partial charge in [-0.25, -0.2) is 8.42 Å². The van der Waals surface area contributed by atoms with Gasteiger partial charge in [-0.1, -0.05) is 28.1 Å². The Kier molecular flexibility index (Phi) is 5.06. The topological polar surface area (TPSA) is 77.8 Å². The molecule has 0 radical (unpaired) electrons. The first-order valence-corrected chi connectivity index (χ1v) is 9.21. The number of benzene rings is 1. The van der Waals surface area contributed by atoms with Crippen LogP contribution in [0, 0.1) is 0 Å². The molecule has 1 aromatic carbocycles. The van der Waals surface area contributed by atoms with Gasteiger partial charge in [-0.2, -0.15) is 0 Å². The Morgan fingerprint density at radius 2 is 2.10 bits per heavy atom. The van der Waals surface area contributed by atoms with Gasteiger partial charge in [-0.05, 0) is 30.5 Å². The first-order chi connectivity index (χ1) is 9.45. The quantitative estimate of drug-likeness (QED) is 0.775. The summed E-state index contributed by atoms with van der Waals surface area (Å²) in [7, 11) is -3.23. The zero-order valence-corrected chi connectivity index (χ0v) is 13.3. The number of aliphatic hydroxyl groups is 2. The minimum atomic E-state index is -3.23. The molecule has 2 N–H and O–H groups in total. The minimum Gasteiger partial charge on any atom is -0.390 e. The number of aliphatic hydroxyl groups excluding tert-OH is 2. The zero-order valence-electron chi connectivity index (χ0n) is 10.9. The highest BCUT2D eigenvalue weighted by Gasteiger charge is 2.29.